The number of hydrogen-bond donors (Lipinski definition) is 4. The Balaban J connectivity index is 0.000000194. The third-order valence-corrected chi connectivity index (χ3v) is 21.2. The first kappa shape index (κ1) is 99.4. The Labute approximate surface area is 760 Å². The molecule has 12 aromatic carbocycles. The van der Waals surface area contributed by atoms with E-state index in [-0.39, 0.29) is 30.3 Å². The second-order valence-electron chi connectivity index (χ2n) is 30.2. The fourth-order valence-corrected chi connectivity index (χ4v) is 13.2. The van der Waals surface area contributed by atoms with Gasteiger partial charge in [-0.2, -0.15) is 0 Å². The van der Waals surface area contributed by atoms with Gasteiger partial charge in [0, 0.05) is 102 Å². The Bertz CT molecular complexity index is 5220. The van der Waals surface area contributed by atoms with Gasteiger partial charge in [-0.15, -0.1) is 0 Å². The smallest absolute Gasteiger partial charge is 0.255 e. The lowest BCUT2D eigenvalue weighted by atomic mass is 9.84. The van der Waals surface area contributed by atoms with Crippen LogP contribution in [0.4, 0.5) is 31.5 Å². The highest BCUT2D eigenvalue weighted by molar-refractivity contribution is 6.06. The van der Waals surface area contributed by atoms with Crippen molar-refractivity contribution >= 4 is 46.4 Å². The average molecular weight is 1750 g/mol. The molecule has 0 radical (unpaired) electrons. The van der Waals surface area contributed by atoms with E-state index in [4.69, 9.17) is 37.9 Å². The summed E-state index contributed by atoms with van der Waals surface area (Å²) >= 11 is 0. The summed E-state index contributed by atoms with van der Waals surface area (Å²) in [5, 5.41) is 11.7. The maximum atomic E-state index is 12.9. The fraction of sp³-hybridized carbons (Fsp3) is 0.290. The predicted molar refractivity (Wildman–Crippen MR) is 516 cm³/mol. The van der Waals surface area contributed by atoms with Gasteiger partial charge >= 0.3 is 0 Å². The number of para-hydroxylation sites is 2. The van der Waals surface area contributed by atoms with E-state index < -0.39 is 6.67 Å². The van der Waals surface area contributed by atoms with Crippen molar-refractivity contribution in [3.8, 4) is 69.0 Å². The molecule has 0 saturated carbocycles. The van der Waals surface area contributed by atoms with Gasteiger partial charge in [0.25, 0.3) is 23.6 Å². The second-order valence-corrected chi connectivity index (χ2v) is 30.2. The summed E-state index contributed by atoms with van der Waals surface area (Å²) in [6, 6.07) is 84.6. The van der Waals surface area contributed by atoms with E-state index in [1.807, 2.05) is 209 Å². The molecule has 22 heteroatoms. The molecule has 12 aromatic rings. The number of hydrogen-bond acceptors (Lipinski definition) is 16. The monoisotopic (exact) mass is 1750 g/mol. The number of anilines is 4. The van der Waals surface area contributed by atoms with E-state index in [1.54, 1.807) is 109 Å². The topological polar surface area (TPSA) is 203 Å². The van der Waals surface area contributed by atoms with E-state index in [9.17, 15) is 28.0 Å². The minimum atomic E-state index is -0.516. The number of carbonyl (C=O) groups excluding carboxylic acids is 4. The van der Waals surface area contributed by atoms with Crippen LogP contribution in [0.5, 0.6) is 69.0 Å². The van der Waals surface area contributed by atoms with Gasteiger partial charge < -0.3 is 73.9 Å². The van der Waals surface area contributed by atoms with Gasteiger partial charge in [0.05, 0.1) is 0 Å². The third-order valence-electron chi connectivity index (χ3n) is 21.2. The van der Waals surface area contributed by atoms with E-state index >= 15 is 0 Å². The molecule has 0 aromatic heterocycles. The highest BCUT2D eigenvalue weighted by Gasteiger charge is 2.17. The lowest BCUT2D eigenvalue weighted by molar-refractivity contribution is 0.101. The van der Waals surface area contributed by atoms with Gasteiger partial charge in [0.1, 0.15) is 109 Å². The molecule has 20 nitrogen and oxygen atoms in total. The van der Waals surface area contributed by atoms with Crippen molar-refractivity contribution in [1.29, 1.82) is 0 Å². The molecule has 4 N–H and O–H groups in total. The molecule has 0 aliphatic carbocycles. The maximum Gasteiger partial charge on any atom is 0.255 e. The molecular weight excluding hydrogens is 1620 g/mol. The molecule has 4 amide bonds. The molecule has 0 bridgehead atoms. The molecule has 129 heavy (non-hydrogen) atoms. The Morgan fingerprint density at radius 3 is 0.814 bits per heavy atom. The summed E-state index contributed by atoms with van der Waals surface area (Å²) in [4.78, 5) is 59.9. The van der Waals surface area contributed by atoms with E-state index in [2.05, 4.69) is 84.4 Å². The van der Waals surface area contributed by atoms with E-state index in [0.29, 0.717) is 125 Å². The summed E-state index contributed by atoms with van der Waals surface area (Å²) < 4.78 is 72.3. The van der Waals surface area contributed by atoms with Crippen LogP contribution in [0.2, 0.25) is 0 Å². The summed E-state index contributed by atoms with van der Waals surface area (Å²) in [5.74, 6) is 7.51. The quantitative estimate of drug-likeness (QED) is 0.0281. The number of ether oxygens (including phenoxy) is 8. The zero-order valence-corrected chi connectivity index (χ0v) is 76.4. The first-order valence-corrected chi connectivity index (χ1v) is 44.3. The number of alkyl halides is 2. The van der Waals surface area contributed by atoms with Crippen molar-refractivity contribution in [2.45, 2.75) is 96.2 Å². The minimum absolute atomic E-state index is 0.177. The Hall–Kier alpha value is -13.4. The van der Waals surface area contributed by atoms with Gasteiger partial charge in [-0.05, 0) is 271 Å². The maximum absolute atomic E-state index is 12.9. The molecular formula is C107H124F2N8O12. The van der Waals surface area contributed by atoms with E-state index in [0.717, 1.165) is 129 Å². The van der Waals surface area contributed by atoms with Crippen molar-refractivity contribution in [2.75, 3.05) is 133 Å². The SMILES string of the molecule is CCN(CC)CCOc1cc(NC(=O)c2cccc(Oc3ccc(C[18F])cc3)c2)ccc1C.CCN(CC)CCOc1cc(NC(=O)c2cccc(Oc3ccc([11CH2]C)cc3)c2)ccc1C.CCN(CC)CCOc1cc(N[11C](=O)c2ccc(Oc3ccccc3)cc2)ccc1C.CCN(CC[18F])CCOc1cc(NC(=O)c2ccc(Oc3ccccc3)cc2)ccc1C. The average Bonchev–Trinajstić information content (AvgIpc) is 0.849. The van der Waals surface area contributed by atoms with Crippen LogP contribution in [0.15, 0.2) is 279 Å². The largest absolute Gasteiger partial charge is 0.492 e. The van der Waals surface area contributed by atoms with Crippen molar-refractivity contribution in [3.63, 3.8) is 0 Å². The van der Waals surface area contributed by atoms with Crippen LogP contribution in [-0.4, -0.2) is 155 Å². The Kier molecular flexibility index (Phi) is 41.6. The van der Waals surface area contributed by atoms with Gasteiger partial charge in [-0.1, -0.05) is 152 Å². The first-order chi connectivity index (χ1) is 62.7. The number of benzene rings is 12. The lowest BCUT2D eigenvalue weighted by Gasteiger charge is -2.19. The second kappa shape index (κ2) is 53.9. The van der Waals surface area contributed by atoms with Crippen LogP contribution >= 0.6 is 0 Å². The highest BCUT2D eigenvalue weighted by atomic mass is 18.2. The molecule has 0 atom stereocenters. The van der Waals surface area contributed by atoms with Crippen LogP contribution in [0.1, 0.15) is 130 Å². The zero-order valence-electron chi connectivity index (χ0n) is 76.4. The lowest BCUT2D eigenvalue weighted by Crippen LogP contribution is -2.30. The van der Waals surface area contributed by atoms with Gasteiger partial charge in [0.2, 0.25) is 0 Å². The summed E-state index contributed by atoms with van der Waals surface area (Å²) in [6.07, 6.45) is 0.984. The molecule has 678 valence electrons. The summed E-state index contributed by atoms with van der Waals surface area (Å²) in [5.41, 5.74) is 10.7. The molecule has 0 fully saturated rings. The molecule has 0 saturated heterocycles. The number of nitrogens with one attached hydrogen (secondary N) is 4. The number of amides is 4. The zero-order chi connectivity index (χ0) is 92.1. The standard InChI is InChI=1S/C28H34N2O3.C27H31FN2O3.C26H29FN2O3.C26H30N2O3/c1-5-22-12-15-25(16-13-22)33-26-10-8-9-23(19-26)28(31)29-24-14-11-21(4)27(20-24)32-18-17-30(6-2)7-3;1-4-30(5-2)15-16-32-26-18-23(12-9-20(26)3)29-27(31)22-7-6-8-25(17-22)33-24-13-10-21(19-28)11-14-24;1-3-29(16-15-27)17-18-31-25-19-22(12-9-20(25)2)28-26(30)21-10-13-24(14-11-21)32-23-7-5-4-6-8-23;1-4-28(5-2)17-18-30-25-19-22(14-11-20(25)3)27-26(29)21-12-15-24(16-13-21)31-23-9-7-6-8-10-23/h8-16,19-20H,5-7,17-18H2,1-4H3,(H,29,31);6-14,17-18H,4-5,15-16,19H2,1-3H3,(H,29,31);4-14,19H,3,15-18H2,1-2H3,(H,28,30);6-16,19H,4-5,17-18H2,1-3H3,(H,27,29)/i5-1;28-1;27-1;26-1. The van der Waals surface area contributed by atoms with Crippen LogP contribution < -0.4 is 59.2 Å². The summed E-state index contributed by atoms with van der Waals surface area (Å²) in [7, 11) is 0. The van der Waals surface area contributed by atoms with Crippen molar-refractivity contribution < 1.29 is 65.9 Å². The van der Waals surface area contributed by atoms with E-state index in [1.165, 1.54) is 5.56 Å². The fourth-order valence-electron chi connectivity index (χ4n) is 13.2. The van der Waals surface area contributed by atoms with Crippen molar-refractivity contribution in [2.24, 2.45) is 0 Å². The molecule has 0 spiro atoms. The van der Waals surface area contributed by atoms with Gasteiger partial charge in [-0.3, -0.25) is 24.1 Å². The number of nitrogens with zero attached hydrogens (tertiary/aromatic N) is 4. The number of carbonyl (C=O) groups is 4. The van der Waals surface area contributed by atoms with Crippen LogP contribution in [-0.2, 0) is 13.1 Å². The Morgan fingerprint density at radius 1 is 0.264 bits per heavy atom. The van der Waals surface area contributed by atoms with Crippen molar-refractivity contribution in [1.82, 2.24) is 19.6 Å². The van der Waals surface area contributed by atoms with Crippen LogP contribution in [0, 0.1) is 27.7 Å². The van der Waals surface area contributed by atoms with Crippen molar-refractivity contribution in [3.05, 3.63) is 335 Å². The molecule has 12 rings (SSSR count). The predicted octanol–water partition coefficient (Wildman–Crippen LogP) is 24.0. The molecule has 0 heterocycles. The highest BCUT2D eigenvalue weighted by Crippen LogP contribution is 2.32. The third kappa shape index (κ3) is 33.7. The van der Waals surface area contributed by atoms with Crippen LogP contribution in [0.25, 0.3) is 0 Å². The molecule has 0 unspecified atom stereocenters. The number of rotatable bonds is 43. The number of halogens is 2. The van der Waals surface area contributed by atoms with Gasteiger partial charge in [-0.25, -0.2) is 8.78 Å². The van der Waals surface area contributed by atoms with Crippen LogP contribution in [0.3, 0.4) is 0 Å². The Morgan fingerprint density at radius 2 is 0.527 bits per heavy atom. The number of aryl methyl sites for hydroxylation is 5. The minimum Gasteiger partial charge on any atom is -0.492 e. The first-order valence-electron chi connectivity index (χ1n) is 44.3. The van der Waals surface area contributed by atoms with Gasteiger partial charge in [0.15, 0.2) is 0 Å². The normalized spacial score (nSPS) is 10.8. The number of likely N-dealkylation sites (N-methyl/N-ethyl adjacent to an activating group) is 4. The molecule has 0 aliphatic rings. The molecule has 0 aliphatic heterocycles. The summed E-state index contributed by atoms with van der Waals surface area (Å²) in [6.45, 7) is 36.7.